The number of hydrogen-bond acceptors (Lipinski definition) is 5. The first-order valence-electron chi connectivity index (χ1n) is 8.40. The van der Waals surface area contributed by atoms with Gasteiger partial charge in [-0.25, -0.2) is 4.79 Å². The lowest BCUT2D eigenvalue weighted by atomic mass is 10.2. The molecule has 1 aromatic heterocycles. The number of aromatic nitrogens is 1. The number of rotatable bonds is 11. The van der Waals surface area contributed by atoms with Gasteiger partial charge >= 0.3 is 5.97 Å². The minimum Gasteiger partial charge on any atom is -0.478 e. The van der Waals surface area contributed by atoms with E-state index in [1.807, 2.05) is 11.8 Å². The van der Waals surface area contributed by atoms with Crippen LogP contribution in [0.25, 0.3) is 0 Å². The Bertz CT molecular complexity index is 532. The molecular formula is C17H28N4O3. The number of carboxylic acid groups (broad SMARTS) is 1. The number of likely N-dealkylation sites (N-methyl/N-ethyl adjacent to an activating group) is 2. The highest BCUT2D eigenvalue weighted by molar-refractivity contribution is 5.87. The maximum atomic E-state index is 12.3. The Hall–Kier alpha value is -1.99. The second kappa shape index (κ2) is 10.7. The quantitative estimate of drug-likeness (QED) is 0.628. The molecule has 1 rings (SSSR count). The van der Waals surface area contributed by atoms with Crippen molar-refractivity contribution in [3.63, 3.8) is 0 Å². The number of pyridine rings is 1. The van der Waals surface area contributed by atoms with Crippen LogP contribution in [-0.4, -0.2) is 71.0 Å². The van der Waals surface area contributed by atoms with Gasteiger partial charge < -0.3 is 20.2 Å². The zero-order valence-electron chi connectivity index (χ0n) is 14.8. The summed E-state index contributed by atoms with van der Waals surface area (Å²) in [6, 6.07) is 2.96. The molecule has 2 N–H and O–H groups in total. The van der Waals surface area contributed by atoms with Crippen LogP contribution in [0.1, 0.15) is 36.8 Å². The SMILES string of the molecule is CCN(CC)CCN(CC)C(=O)CNCc1cc(C(=O)O)ccn1. The highest BCUT2D eigenvalue weighted by atomic mass is 16.4. The molecule has 1 heterocycles. The zero-order chi connectivity index (χ0) is 17.9. The molecule has 0 saturated carbocycles. The van der Waals surface area contributed by atoms with E-state index in [0.717, 1.165) is 19.6 Å². The van der Waals surface area contributed by atoms with Crippen molar-refractivity contribution in [3.8, 4) is 0 Å². The van der Waals surface area contributed by atoms with Gasteiger partial charge in [0.25, 0.3) is 0 Å². The van der Waals surface area contributed by atoms with E-state index in [1.54, 1.807) is 0 Å². The van der Waals surface area contributed by atoms with Gasteiger partial charge in [-0.2, -0.15) is 0 Å². The molecule has 7 nitrogen and oxygen atoms in total. The number of aromatic carboxylic acids is 1. The van der Waals surface area contributed by atoms with Crippen LogP contribution < -0.4 is 5.32 Å². The van der Waals surface area contributed by atoms with E-state index in [-0.39, 0.29) is 18.0 Å². The van der Waals surface area contributed by atoms with E-state index in [9.17, 15) is 9.59 Å². The third kappa shape index (κ3) is 6.64. The summed E-state index contributed by atoms with van der Waals surface area (Å²) in [5, 5.41) is 12.0. The molecule has 0 saturated heterocycles. The number of nitrogens with one attached hydrogen (secondary N) is 1. The van der Waals surface area contributed by atoms with Gasteiger partial charge in [0.05, 0.1) is 17.8 Å². The summed E-state index contributed by atoms with van der Waals surface area (Å²) < 4.78 is 0. The summed E-state index contributed by atoms with van der Waals surface area (Å²) in [6.07, 6.45) is 1.46. The van der Waals surface area contributed by atoms with Gasteiger partial charge in [0.2, 0.25) is 5.91 Å². The van der Waals surface area contributed by atoms with Crippen LogP contribution in [0.5, 0.6) is 0 Å². The van der Waals surface area contributed by atoms with Crippen molar-refractivity contribution in [3.05, 3.63) is 29.6 Å². The maximum Gasteiger partial charge on any atom is 0.335 e. The standard InChI is InChI=1S/C17H28N4O3/c1-4-20(5-2)9-10-21(6-3)16(22)13-18-12-15-11-14(17(23)24)7-8-19-15/h7-8,11,18H,4-6,9-10,12-13H2,1-3H3,(H,23,24). The van der Waals surface area contributed by atoms with Gasteiger partial charge in [-0.3, -0.25) is 9.78 Å². The molecule has 1 aromatic rings. The third-order valence-corrected chi connectivity index (χ3v) is 3.96. The van der Waals surface area contributed by atoms with E-state index < -0.39 is 5.97 Å². The highest BCUT2D eigenvalue weighted by Crippen LogP contribution is 2.01. The lowest BCUT2D eigenvalue weighted by molar-refractivity contribution is -0.130. The molecule has 7 heteroatoms. The van der Waals surface area contributed by atoms with Gasteiger partial charge in [0.15, 0.2) is 0 Å². The molecule has 0 bridgehead atoms. The Labute approximate surface area is 143 Å². The number of carbonyl (C=O) groups excluding carboxylic acids is 1. The van der Waals surface area contributed by atoms with E-state index >= 15 is 0 Å². The molecule has 0 spiro atoms. The Morgan fingerprint density at radius 2 is 1.88 bits per heavy atom. The molecule has 0 fully saturated rings. The fourth-order valence-corrected chi connectivity index (χ4v) is 2.38. The molecule has 134 valence electrons. The Morgan fingerprint density at radius 1 is 1.17 bits per heavy atom. The van der Waals surface area contributed by atoms with E-state index in [1.165, 1.54) is 18.3 Å². The number of carboxylic acids is 1. The molecule has 0 aliphatic rings. The van der Waals surface area contributed by atoms with Crippen LogP contribution in [0.2, 0.25) is 0 Å². The molecule has 0 unspecified atom stereocenters. The third-order valence-electron chi connectivity index (χ3n) is 3.96. The zero-order valence-corrected chi connectivity index (χ0v) is 14.8. The second-order valence-electron chi connectivity index (χ2n) is 5.44. The van der Waals surface area contributed by atoms with Crippen molar-refractivity contribution in [1.29, 1.82) is 0 Å². The molecule has 24 heavy (non-hydrogen) atoms. The van der Waals surface area contributed by atoms with Crippen molar-refractivity contribution in [2.24, 2.45) is 0 Å². The van der Waals surface area contributed by atoms with E-state index in [4.69, 9.17) is 5.11 Å². The molecule has 0 aromatic carbocycles. The molecule has 0 atom stereocenters. The van der Waals surface area contributed by atoms with Crippen LogP contribution >= 0.6 is 0 Å². The lowest BCUT2D eigenvalue weighted by Gasteiger charge is -2.25. The van der Waals surface area contributed by atoms with Gasteiger partial charge in [0, 0.05) is 32.4 Å². The summed E-state index contributed by atoms with van der Waals surface area (Å²) in [6.45, 7) is 11.0. The topological polar surface area (TPSA) is 85.8 Å². The summed E-state index contributed by atoms with van der Waals surface area (Å²) in [5.74, 6) is -0.942. The fraction of sp³-hybridized carbons (Fsp3) is 0.588. The molecule has 1 amide bonds. The molecular weight excluding hydrogens is 308 g/mol. The Kier molecular flexibility index (Phi) is 8.96. The lowest BCUT2D eigenvalue weighted by Crippen LogP contribution is -2.42. The molecule has 0 aliphatic carbocycles. The summed E-state index contributed by atoms with van der Waals surface area (Å²) in [5.41, 5.74) is 0.802. The van der Waals surface area contributed by atoms with Crippen molar-refractivity contribution >= 4 is 11.9 Å². The van der Waals surface area contributed by atoms with Crippen molar-refractivity contribution in [1.82, 2.24) is 20.1 Å². The summed E-state index contributed by atoms with van der Waals surface area (Å²) >= 11 is 0. The smallest absolute Gasteiger partial charge is 0.335 e. The minimum absolute atomic E-state index is 0.0408. The average molecular weight is 336 g/mol. The monoisotopic (exact) mass is 336 g/mol. The van der Waals surface area contributed by atoms with E-state index in [0.29, 0.717) is 25.3 Å². The molecule has 0 radical (unpaired) electrons. The Balaban J connectivity index is 2.43. The Morgan fingerprint density at radius 3 is 2.46 bits per heavy atom. The van der Waals surface area contributed by atoms with Crippen LogP contribution in [0.3, 0.4) is 0 Å². The minimum atomic E-state index is -0.983. The normalized spacial score (nSPS) is 10.8. The number of amides is 1. The summed E-state index contributed by atoms with van der Waals surface area (Å²) in [4.78, 5) is 31.4. The fourth-order valence-electron chi connectivity index (χ4n) is 2.38. The largest absolute Gasteiger partial charge is 0.478 e. The van der Waals surface area contributed by atoms with Crippen molar-refractivity contribution in [2.45, 2.75) is 27.3 Å². The first-order chi connectivity index (χ1) is 11.5. The van der Waals surface area contributed by atoms with Gasteiger partial charge in [-0.15, -0.1) is 0 Å². The predicted octanol–water partition coefficient (Wildman–Crippen LogP) is 1.06. The van der Waals surface area contributed by atoms with Crippen LogP contribution in [0.15, 0.2) is 18.3 Å². The van der Waals surface area contributed by atoms with Gasteiger partial charge in [-0.1, -0.05) is 13.8 Å². The predicted molar refractivity (Wildman–Crippen MR) is 92.9 cm³/mol. The van der Waals surface area contributed by atoms with Crippen LogP contribution in [0.4, 0.5) is 0 Å². The van der Waals surface area contributed by atoms with Crippen molar-refractivity contribution in [2.75, 3.05) is 39.3 Å². The first-order valence-corrected chi connectivity index (χ1v) is 8.40. The summed E-state index contributed by atoms with van der Waals surface area (Å²) in [7, 11) is 0. The van der Waals surface area contributed by atoms with Gasteiger partial charge in [0.1, 0.15) is 0 Å². The molecule has 0 aliphatic heterocycles. The van der Waals surface area contributed by atoms with Crippen LogP contribution in [0, 0.1) is 0 Å². The maximum absolute atomic E-state index is 12.3. The van der Waals surface area contributed by atoms with Crippen LogP contribution in [-0.2, 0) is 11.3 Å². The number of hydrogen-bond donors (Lipinski definition) is 2. The van der Waals surface area contributed by atoms with Crippen molar-refractivity contribution < 1.29 is 14.7 Å². The number of carbonyl (C=O) groups is 2. The van der Waals surface area contributed by atoms with Gasteiger partial charge in [-0.05, 0) is 32.1 Å². The first kappa shape index (κ1) is 20.1. The van der Waals surface area contributed by atoms with E-state index in [2.05, 4.69) is 29.0 Å². The highest BCUT2D eigenvalue weighted by Gasteiger charge is 2.12. The second-order valence-corrected chi connectivity index (χ2v) is 5.44. The number of nitrogens with zero attached hydrogens (tertiary/aromatic N) is 3. The average Bonchev–Trinajstić information content (AvgIpc) is 2.59.